The van der Waals surface area contributed by atoms with Gasteiger partial charge in [-0.1, -0.05) is 0 Å². The van der Waals surface area contributed by atoms with Crippen molar-refractivity contribution < 1.29 is 9.53 Å². The minimum absolute atomic E-state index is 0.0409. The van der Waals surface area contributed by atoms with Crippen molar-refractivity contribution in [3.63, 3.8) is 0 Å². The highest BCUT2D eigenvalue weighted by molar-refractivity contribution is 7.16. The van der Waals surface area contributed by atoms with Gasteiger partial charge in [-0.15, -0.1) is 11.3 Å². The van der Waals surface area contributed by atoms with Crippen LogP contribution in [0.25, 0.3) is 10.2 Å². The van der Waals surface area contributed by atoms with Crippen LogP contribution < -0.4 is 5.32 Å². The number of hydrogen-bond acceptors (Lipinski definition) is 4. The van der Waals surface area contributed by atoms with E-state index >= 15 is 0 Å². The molecule has 1 saturated heterocycles. The van der Waals surface area contributed by atoms with E-state index in [1.165, 1.54) is 0 Å². The molecule has 1 aliphatic heterocycles. The summed E-state index contributed by atoms with van der Waals surface area (Å²) in [6, 6.07) is 5.58. The standard InChI is InChI=1S/C13H14N2O2S/c16-13(14-7-10-2-1-5-17-10)9-3-4-11-12(6-9)18-8-15-11/h3-4,6,8,10H,1-2,5,7H2,(H,14,16). The number of benzene rings is 1. The zero-order chi connectivity index (χ0) is 12.4. The van der Waals surface area contributed by atoms with Crippen molar-refractivity contribution in [2.45, 2.75) is 18.9 Å². The van der Waals surface area contributed by atoms with Gasteiger partial charge >= 0.3 is 0 Å². The molecule has 1 atom stereocenters. The van der Waals surface area contributed by atoms with Gasteiger partial charge in [0, 0.05) is 18.7 Å². The van der Waals surface area contributed by atoms with Gasteiger partial charge in [-0.25, -0.2) is 4.98 Å². The predicted molar refractivity (Wildman–Crippen MR) is 70.9 cm³/mol. The summed E-state index contributed by atoms with van der Waals surface area (Å²) in [5.41, 5.74) is 3.42. The maximum atomic E-state index is 12.0. The van der Waals surface area contributed by atoms with E-state index in [9.17, 15) is 4.79 Å². The highest BCUT2D eigenvalue weighted by atomic mass is 32.1. The summed E-state index contributed by atoms with van der Waals surface area (Å²) in [7, 11) is 0. The van der Waals surface area contributed by atoms with Crippen LogP contribution in [0.3, 0.4) is 0 Å². The number of carbonyl (C=O) groups excluding carboxylic acids is 1. The third-order valence-electron chi connectivity index (χ3n) is 3.11. The lowest BCUT2D eigenvalue weighted by Gasteiger charge is -2.10. The molecule has 0 saturated carbocycles. The van der Waals surface area contributed by atoms with E-state index < -0.39 is 0 Å². The van der Waals surface area contributed by atoms with Gasteiger partial charge in [0.2, 0.25) is 0 Å². The van der Waals surface area contributed by atoms with Crippen LogP contribution in [0.15, 0.2) is 23.7 Å². The molecule has 3 rings (SSSR count). The van der Waals surface area contributed by atoms with Crippen LogP contribution >= 0.6 is 11.3 Å². The number of carbonyl (C=O) groups is 1. The molecule has 2 heterocycles. The highest BCUT2D eigenvalue weighted by Crippen LogP contribution is 2.19. The Bertz CT molecular complexity index is 561. The maximum Gasteiger partial charge on any atom is 0.251 e. The van der Waals surface area contributed by atoms with Gasteiger partial charge in [-0.3, -0.25) is 4.79 Å². The first-order valence-corrected chi connectivity index (χ1v) is 6.94. The van der Waals surface area contributed by atoms with Crippen LogP contribution in [0.2, 0.25) is 0 Å². The number of ether oxygens (including phenoxy) is 1. The SMILES string of the molecule is O=C(NCC1CCCO1)c1ccc2ncsc2c1. The molecule has 1 aliphatic rings. The summed E-state index contributed by atoms with van der Waals surface area (Å²) in [6.45, 7) is 1.41. The molecule has 1 amide bonds. The number of fused-ring (bicyclic) bond motifs is 1. The third kappa shape index (κ3) is 2.37. The van der Waals surface area contributed by atoms with Gasteiger partial charge < -0.3 is 10.1 Å². The van der Waals surface area contributed by atoms with Crippen molar-refractivity contribution in [2.24, 2.45) is 0 Å². The lowest BCUT2D eigenvalue weighted by Crippen LogP contribution is -2.31. The van der Waals surface area contributed by atoms with E-state index in [4.69, 9.17) is 4.74 Å². The van der Waals surface area contributed by atoms with Gasteiger partial charge in [-0.05, 0) is 31.0 Å². The van der Waals surface area contributed by atoms with Crippen LogP contribution in [-0.2, 0) is 4.74 Å². The average Bonchev–Trinajstić information content (AvgIpc) is 3.05. The van der Waals surface area contributed by atoms with Gasteiger partial charge in [0.15, 0.2) is 0 Å². The molecule has 0 radical (unpaired) electrons. The first kappa shape index (κ1) is 11.6. The summed E-state index contributed by atoms with van der Waals surface area (Å²) in [4.78, 5) is 16.2. The normalized spacial score (nSPS) is 19.2. The molecule has 0 aliphatic carbocycles. The predicted octanol–water partition coefficient (Wildman–Crippen LogP) is 2.21. The van der Waals surface area contributed by atoms with Crippen LogP contribution in [0.4, 0.5) is 0 Å². The smallest absolute Gasteiger partial charge is 0.251 e. The average molecular weight is 262 g/mol. The number of aromatic nitrogens is 1. The second-order valence-corrected chi connectivity index (χ2v) is 5.27. The first-order chi connectivity index (χ1) is 8.83. The van der Waals surface area contributed by atoms with Gasteiger partial charge in [0.05, 0.1) is 21.8 Å². The van der Waals surface area contributed by atoms with Crippen LogP contribution in [0.1, 0.15) is 23.2 Å². The fourth-order valence-electron chi connectivity index (χ4n) is 2.11. The second kappa shape index (κ2) is 5.04. The number of nitrogens with one attached hydrogen (secondary N) is 1. The van der Waals surface area contributed by atoms with E-state index in [0.717, 1.165) is 29.7 Å². The Labute approximate surface area is 109 Å². The maximum absolute atomic E-state index is 12.0. The molecular formula is C13H14N2O2S. The molecule has 18 heavy (non-hydrogen) atoms. The van der Waals surface area contributed by atoms with Crippen molar-refractivity contribution in [1.29, 1.82) is 0 Å². The quantitative estimate of drug-likeness (QED) is 0.922. The first-order valence-electron chi connectivity index (χ1n) is 6.06. The molecule has 1 N–H and O–H groups in total. The van der Waals surface area contributed by atoms with E-state index in [-0.39, 0.29) is 12.0 Å². The van der Waals surface area contributed by atoms with Crippen molar-refractivity contribution in [2.75, 3.05) is 13.2 Å². The summed E-state index contributed by atoms with van der Waals surface area (Å²) in [6.07, 6.45) is 2.31. The van der Waals surface area contributed by atoms with Crippen LogP contribution in [0.5, 0.6) is 0 Å². The molecule has 94 valence electrons. The third-order valence-corrected chi connectivity index (χ3v) is 3.90. The zero-order valence-electron chi connectivity index (χ0n) is 9.89. The Balaban J connectivity index is 1.67. The topological polar surface area (TPSA) is 51.2 Å². The molecule has 0 bridgehead atoms. The Morgan fingerprint density at radius 3 is 3.33 bits per heavy atom. The van der Waals surface area contributed by atoms with Crippen molar-refractivity contribution in [3.05, 3.63) is 29.3 Å². The Morgan fingerprint density at radius 1 is 1.56 bits per heavy atom. The monoisotopic (exact) mass is 262 g/mol. The van der Waals surface area contributed by atoms with E-state index in [2.05, 4.69) is 10.3 Å². The number of rotatable bonds is 3. The fourth-order valence-corrected chi connectivity index (χ4v) is 2.83. The number of nitrogens with zero attached hydrogens (tertiary/aromatic N) is 1. The zero-order valence-corrected chi connectivity index (χ0v) is 10.7. The minimum atomic E-state index is -0.0409. The van der Waals surface area contributed by atoms with E-state index in [1.807, 2.05) is 18.2 Å². The molecule has 0 spiro atoms. The van der Waals surface area contributed by atoms with Gasteiger partial charge in [0.25, 0.3) is 5.91 Å². The van der Waals surface area contributed by atoms with E-state index in [1.54, 1.807) is 16.8 Å². The van der Waals surface area contributed by atoms with Crippen LogP contribution in [-0.4, -0.2) is 30.1 Å². The summed E-state index contributed by atoms with van der Waals surface area (Å²) in [5, 5.41) is 2.92. The Morgan fingerprint density at radius 2 is 2.50 bits per heavy atom. The molecule has 1 aromatic carbocycles. The summed E-state index contributed by atoms with van der Waals surface area (Å²) >= 11 is 1.55. The summed E-state index contributed by atoms with van der Waals surface area (Å²) < 4.78 is 6.52. The molecule has 1 unspecified atom stereocenters. The van der Waals surface area contributed by atoms with Crippen LogP contribution in [0, 0.1) is 0 Å². The Hall–Kier alpha value is -1.46. The van der Waals surface area contributed by atoms with Crippen molar-refractivity contribution in [1.82, 2.24) is 10.3 Å². The largest absolute Gasteiger partial charge is 0.376 e. The second-order valence-electron chi connectivity index (χ2n) is 4.38. The lowest BCUT2D eigenvalue weighted by atomic mass is 10.2. The molecule has 2 aromatic rings. The van der Waals surface area contributed by atoms with Crippen molar-refractivity contribution >= 4 is 27.5 Å². The fraction of sp³-hybridized carbons (Fsp3) is 0.385. The van der Waals surface area contributed by atoms with Gasteiger partial charge in [0.1, 0.15) is 0 Å². The highest BCUT2D eigenvalue weighted by Gasteiger charge is 2.16. The lowest BCUT2D eigenvalue weighted by molar-refractivity contribution is 0.0858. The van der Waals surface area contributed by atoms with Crippen molar-refractivity contribution in [3.8, 4) is 0 Å². The summed E-state index contributed by atoms with van der Waals surface area (Å²) in [5.74, 6) is -0.0409. The molecular weight excluding hydrogens is 248 g/mol. The van der Waals surface area contributed by atoms with Gasteiger partial charge in [-0.2, -0.15) is 0 Å². The Kier molecular flexibility index (Phi) is 3.25. The number of thiazole rings is 1. The number of amides is 1. The molecule has 1 aromatic heterocycles. The van der Waals surface area contributed by atoms with E-state index in [0.29, 0.717) is 12.1 Å². The molecule has 4 nitrogen and oxygen atoms in total. The number of hydrogen-bond donors (Lipinski definition) is 1. The molecule has 1 fully saturated rings. The molecule has 5 heteroatoms. The minimum Gasteiger partial charge on any atom is -0.376 e.